The largest absolute Gasteiger partial charge is 0.478 e. The van der Waals surface area contributed by atoms with E-state index in [2.05, 4.69) is 5.32 Å². The van der Waals surface area contributed by atoms with Crippen LogP contribution in [0, 0.1) is 0 Å². The van der Waals surface area contributed by atoms with Crippen molar-refractivity contribution in [2.24, 2.45) is 7.05 Å². The number of hydrogen-bond donors (Lipinski definition) is 2. The zero-order valence-corrected chi connectivity index (χ0v) is 18.0. The van der Waals surface area contributed by atoms with Gasteiger partial charge in [-0.1, -0.05) is 23.7 Å². The van der Waals surface area contributed by atoms with Crippen molar-refractivity contribution in [2.75, 3.05) is 36.5 Å². The molecule has 2 N–H and O–H groups in total. The standard InChI is InChI=1S/C22H23ClN4O4/c1-13(24-18-6-4-3-5-15(18)21(29)30)16-11-14(23)12-17-19(16)25-22(26(2)20(17)28)27-7-9-31-10-8-27/h3-6,11-13,24H,7-10H2,1-2H3,(H,29,30). The Morgan fingerprint density at radius 2 is 1.97 bits per heavy atom. The number of nitrogens with one attached hydrogen (secondary N) is 1. The van der Waals surface area contributed by atoms with Gasteiger partial charge < -0.3 is 20.1 Å². The van der Waals surface area contributed by atoms with Crippen LogP contribution in [0.15, 0.2) is 41.2 Å². The number of morpholine rings is 1. The lowest BCUT2D eigenvalue weighted by molar-refractivity contribution is 0.0698. The van der Waals surface area contributed by atoms with Gasteiger partial charge in [0.1, 0.15) is 0 Å². The van der Waals surface area contributed by atoms with Crippen molar-refractivity contribution in [1.82, 2.24) is 9.55 Å². The normalized spacial score (nSPS) is 15.1. The summed E-state index contributed by atoms with van der Waals surface area (Å²) in [5, 5.41) is 13.6. The number of aromatic nitrogens is 2. The minimum Gasteiger partial charge on any atom is -0.478 e. The van der Waals surface area contributed by atoms with Gasteiger partial charge in [-0.2, -0.15) is 0 Å². The smallest absolute Gasteiger partial charge is 0.337 e. The highest BCUT2D eigenvalue weighted by Crippen LogP contribution is 2.30. The molecule has 1 aliphatic heterocycles. The van der Waals surface area contributed by atoms with Gasteiger partial charge in [0, 0.05) is 36.4 Å². The second kappa shape index (κ2) is 8.56. The summed E-state index contributed by atoms with van der Waals surface area (Å²) in [6.45, 7) is 4.33. The zero-order valence-electron chi connectivity index (χ0n) is 17.3. The number of para-hydroxylation sites is 1. The van der Waals surface area contributed by atoms with E-state index in [9.17, 15) is 14.7 Å². The number of carboxylic acids is 1. The molecule has 2 aromatic carbocycles. The molecular weight excluding hydrogens is 420 g/mol. The molecule has 3 aromatic rings. The summed E-state index contributed by atoms with van der Waals surface area (Å²) in [5.41, 5.74) is 1.72. The summed E-state index contributed by atoms with van der Waals surface area (Å²) < 4.78 is 6.95. The van der Waals surface area contributed by atoms with Gasteiger partial charge in [-0.15, -0.1) is 0 Å². The molecule has 1 aliphatic rings. The first kappa shape index (κ1) is 21.1. The molecule has 1 aromatic heterocycles. The summed E-state index contributed by atoms with van der Waals surface area (Å²) >= 11 is 6.34. The van der Waals surface area contributed by atoms with Crippen LogP contribution in [0.1, 0.15) is 28.9 Å². The topological polar surface area (TPSA) is 96.7 Å². The Morgan fingerprint density at radius 1 is 1.26 bits per heavy atom. The van der Waals surface area contributed by atoms with Crippen molar-refractivity contribution in [3.05, 3.63) is 62.9 Å². The van der Waals surface area contributed by atoms with Crippen molar-refractivity contribution in [2.45, 2.75) is 13.0 Å². The predicted octanol–water partition coefficient (Wildman–Crippen LogP) is 3.29. The molecule has 0 saturated carbocycles. The van der Waals surface area contributed by atoms with Crippen LogP contribution in [0.3, 0.4) is 0 Å². The van der Waals surface area contributed by atoms with Crippen LogP contribution in [-0.2, 0) is 11.8 Å². The Labute approximate surface area is 184 Å². The second-order valence-corrected chi connectivity index (χ2v) is 7.92. The molecule has 31 heavy (non-hydrogen) atoms. The fourth-order valence-electron chi connectivity index (χ4n) is 3.84. The molecule has 4 rings (SSSR count). The second-order valence-electron chi connectivity index (χ2n) is 7.48. The quantitative estimate of drug-likeness (QED) is 0.625. The molecule has 0 amide bonds. The highest BCUT2D eigenvalue weighted by molar-refractivity contribution is 6.31. The molecule has 0 aliphatic carbocycles. The van der Waals surface area contributed by atoms with Crippen LogP contribution in [-0.4, -0.2) is 46.9 Å². The van der Waals surface area contributed by atoms with Gasteiger partial charge in [0.2, 0.25) is 5.95 Å². The summed E-state index contributed by atoms with van der Waals surface area (Å²) in [4.78, 5) is 31.6. The maximum Gasteiger partial charge on any atom is 0.337 e. The molecule has 162 valence electrons. The van der Waals surface area contributed by atoms with Crippen LogP contribution < -0.4 is 15.8 Å². The van der Waals surface area contributed by atoms with Gasteiger partial charge in [0.05, 0.1) is 35.7 Å². The molecule has 8 nitrogen and oxygen atoms in total. The first-order chi connectivity index (χ1) is 14.9. The van der Waals surface area contributed by atoms with E-state index in [4.69, 9.17) is 21.3 Å². The van der Waals surface area contributed by atoms with Gasteiger partial charge in [0.25, 0.3) is 5.56 Å². The number of halogens is 1. The molecule has 2 heterocycles. The molecular formula is C22H23ClN4O4. The van der Waals surface area contributed by atoms with Crippen molar-refractivity contribution in [3.63, 3.8) is 0 Å². The first-order valence-corrected chi connectivity index (χ1v) is 10.4. The van der Waals surface area contributed by atoms with Crippen LogP contribution in [0.5, 0.6) is 0 Å². The van der Waals surface area contributed by atoms with Crippen LogP contribution in [0.25, 0.3) is 10.9 Å². The van der Waals surface area contributed by atoms with Crippen molar-refractivity contribution >= 4 is 40.1 Å². The van der Waals surface area contributed by atoms with E-state index in [1.54, 1.807) is 37.4 Å². The van der Waals surface area contributed by atoms with Crippen molar-refractivity contribution in [3.8, 4) is 0 Å². The van der Waals surface area contributed by atoms with E-state index in [1.165, 1.54) is 10.6 Å². The highest BCUT2D eigenvalue weighted by Gasteiger charge is 2.22. The lowest BCUT2D eigenvalue weighted by Crippen LogP contribution is -2.40. The Bertz CT molecular complexity index is 1200. The molecule has 0 bridgehead atoms. The minimum absolute atomic E-state index is 0.165. The lowest BCUT2D eigenvalue weighted by Gasteiger charge is -2.29. The number of fused-ring (bicyclic) bond motifs is 1. The molecule has 9 heteroatoms. The minimum atomic E-state index is -1.02. The SMILES string of the molecule is CC(Nc1ccccc1C(=O)O)c1cc(Cl)cc2c(=O)n(C)c(N3CCOCC3)nc12. The first-order valence-electron chi connectivity index (χ1n) is 9.98. The monoisotopic (exact) mass is 442 g/mol. The van der Waals surface area contributed by atoms with Crippen LogP contribution >= 0.6 is 11.6 Å². The van der Waals surface area contributed by atoms with E-state index in [1.807, 2.05) is 11.8 Å². The molecule has 0 spiro atoms. The highest BCUT2D eigenvalue weighted by atomic mass is 35.5. The third-order valence-electron chi connectivity index (χ3n) is 5.44. The number of anilines is 2. The number of carbonyl (C=O) groups is 1. The number of benzene rings is 2. The number of ether oxygens (including phenoxy) is 1. The van der Waals surface area contributed by atoms with Gasteiger partial charge in [-0.3, -0.25) is 9.36 Å². The fraction of sp³-hybridized carbons (Fsp3) is 0.318. The van der Waals surface area contributed by atoms with Crippen LogP contribution in [0.2, 0.25) is 5.02 Å². The lowest BCUT2D eigenvalue weighted by atomic mass is 10.0. The Kier molecular flexibility index (Phi) is 5.84. The van der Waals surface area contributed by atoms with E-state index in [0.717, 1.165) is 5.56 Å². The number of nitrogens with zero attached hydrogens (tertiary/aromatic N) is 3. The Morgan fingerprint density at radius 3 is 2.68 bits per heavy atom. The van der Waals surface area contributed by atoms with E-state index in [0.29, 0.717) is 53.9 Å². The summed E-state index contributed by atoms with van der Waals surface area (Å²) in [6, 6.07) is 9.72. The van der Waals surface area contributed by atoms with Crippen molar-refractivity contribution in [1.29, 1.82) is 0 Å². The van der Waals surface area contributed by atoms with Gasteiger partial charge in [-0.25, -0.2) is 9.78 Å². The molecule has 0 radical (unpaired) electrons. The van der Waals surface area contributed by atoms with Gasteiger partial charge in [0.15, 0.2) is 0 Å². The summed E-state index contributed by atoms with van der Waals surface area (Å²) in [6.07, 6.45) is 0. The number of carboxylic acid groups (broad SMARTS) is 1. The fourth-order valence-corrected chi connectivity index (χ4v) is 4.06. The maximum atomic E-state index is 13.1. The van der Waals surface area contributed by atoms with Gasteiger partial charge >= 0.3 is 5.97 Å². The van der Waals surface area contributed by atoms with Gasteiger partial charge in [-0.05, 0) is 31.2 Å². The molecule has 1 unspecified atom stereocenters. The number of hydrogen-bond acceptors (Lipinski definition) is 6. The average Bonchev–Trinajstić information content (AvgIpc) is 2.77. The molecule has 1 saturated heterocycles. The predicted molar refractivity (Wildman–Crippen MR) is 120 cm³/mol. The number of aromatic carboxylic acids is 1. The van der Waals surface area contributed by atoms with Crippen LogP contribution in [0.4, 0.5) is 11.6 Å². The Balaban J connectivity index is 1.83. The van der Waals surface area contributed by atoms with Crippen molar-refractivity contribution < 1.29 is 14.6 Å². The molecule has 1 atom stereocenters. The molecule has 1 fully saturated rings. The van der Waals surface area contributed by atoms with E-state index in [-0.39, 0.29) is 17.2 Å². The average molecular weight is 443 g/mol. The Hall–Kier alpha value is -3.10. The van der Waals surface area contributed by atoms with E-state index < -0.39 is 5.97 Å². The third-order valence-corrected chi connectivity index (χ3v) is 5.66. The summed E-state index contributed by atoms with van der Waals surface area (Å²) in [5.74, 6) is -0.449. The zero-order chi connectivity index (χ0) is 22.1. The maximum absolute atomic E-state index is 13.1. The van der Waals surface area contributed by atoms with E-state index >= 15 is 0 Å². The summed E-state index contributed by atoms with van der Waals surface area (Å²) in [7, 11) is 1.70. The third kappa shape index (κ3) is 4.08. The number of rotatable bonds is 5.